The summed E-state index contributed by atoms with van der Waals surface area (Å²) in [6.45, 7) is 3.56. The van der Waals surface area contributed by atoms with Crippen molar-refractivity contribution in [2.75, 3.05) is 0 Å². The number of Topliss-reactive ketones (excluding diaryl/α,β-unsaturated/α-hetero) is 1. The van der Waals surface area contributed by atoms with Crippen molar-refractivity contribution < 1.29 is 14.7 Å². The van der Waals surface area contributed by atoms with Gasteiger partial charge in [-0.1, -0.05) is 26.2 Å². The lowest BCUT2D eigenvalue weighted by atomic mass is 9.99. The van der Waals surface area contributed by atoms with Gasteiger partial charge in [-0.15, -0.1) is 0 Å². The average molecular weight is 200 g/mol. The Bertz CT molecular complexity index is 187. The maximum absolute atomic E-state index is 10.9. The van der Waals surface area contributed by atoms with Gasteiger partial charge in [0.25, 0.3) is 0 Å². The number of carbonyl (C=O) groups excluding carboxylic acids is 1. The maximum atomic E-state index is 10.9. The second-order valence-electron chi connectivity index (χ2n) is 3.86. The topological polar surface area (TPSA) is 54.4 Å². The van der Waals surface area contributed by atoms with Crippen LogP contribution in [0.5, 0.6) is 0 Å². The number of hydrogen-bond donors (Lipinski definition) is 1. The quantitative estimate of drug-likeness (QED) is 0.613. The molecule has 0 aliphatic heterocycles. The zero-order valence-electron chi connectivity index (χ0n) is 9.08. The minimum absolute atomic E-state index is 0.162. The molecule has 0 aliphatic carbocycles. The molecule has 0 heterocycles. The fourth-order valence-electron chi connectivity index (χ4n) is 1.28. The Labute approximate surface area is 85.5 Å². The molecule has 0 aromatic heterocycles. The van der Waals surface area contributed by atoms with E-state index in [0.717, 1.165) is 32.1 Å². The normalized spacial score (nSPS) is 12.4. The second-order valence-corrected chi connectivity index (χ2v) is 3.86. The van der Waals surface area contributed by atoms with Gasteiger partial charge in [-0.2, -0.15) is 0 Å². The van der Waals surface area contributed by atoms with Crippen LogP contribution in [0, 0.1) is 5.92 Å². The summed E-state index contributed by atoms with van der Waals surface area (Å²) in [7, 11) is 0. The lowest BCUT2D eigenvalue weighted by molar-refractivity contribution is -0.137. The molecule has 0 saturated heterocycles. The van der Waals surface area contributed by atoms with Crippen molar-refractivity contribution in [1.29, 1.82) is 0 Å². The molecule has 0 aromatic carbocycles. The zero-order valence-corrected chi connectivity index (χ0v) is 9.08. The van der Waals surface area contributed by atoms with Crippen LogP contribution in [0.1, 0.15) is 52.4 Å². The van der Waals surface area contributed by atoms with Crippen LogP contribution in [0.25, 0.3) is 0 Å². The van der Waals surface area contributed by atoms with E-state index >= 15 is 0 Å². The summed E-state index contributed by atoms with van der Waals surface area (Å²) in [5, 5.41) is 8.39. The Morgan fingerprint density at radius 2 is 1.71 bits per heavy atom. The number of unbranched alkanes of at least 4 members (excludes halogenated alkanes) is 3. The number of carbonyl (C=O) groups is 2. The number of rotatable bonds is 8. The molecule has 0 aromatic rings. The van der Waals surface area contributed by atoms with E-state index in [1.807, 2.05) is 6.92 Å². The van der Waals surface area contributed by atoms with Gasteiger partial charge in [0.15, 0.2) is 0 Å². The summed E-state index contributed by atoms with van der Waals surface area (Å²) in [5.41, 5.74) is 0. The van der Waals surface area contributed by atoms with E-state index in [-0.39, 0.29) is 18.1 Å². The van der Waals surface area contributed by atoms with Gasteiger partial charge in [-0.25, -0.2) is 0 Å². The largest absolute Gasteiger partial charge is 0.481 e. The number of carboxylic acids is 1. The van der Waals surface area contributed by atoms with Gasteiger partial charge in [0, 0.05) is 12.3 Å². The molecule has 0 amide bonds. The first-order valence-electron chi connectivity index (χ1n) is 5.26. The highest BCUT2D eigenvalue weighted by Gasteiger charge is 2.06. The number of carboxylic acid groups (broad SMARTS) is 1. The van der Waals surface area contributed by atoms with Crippen LogP contribution in [0.2, 0.25) is 0 Å². The average Bonchev–Trinajstić information content (AvgIpc) is 2.09. The Hall–Kier alpha value is -0.860. The van der Waals surface area contributed by atoms with E-state index in [1.165, 1.54) is 0 Å². The number of aliphatic carboxylic acids is 1. The van der Waals surface area contributed by atoms with Gasteiger partial charge in [0.1, 0.15) is 5.78 Å². The van der Waals surface area contributed by atoms with Crippen LogP contribution in [0.3, 0.4) is 0 Å². The molecule has 0 rings (SSSR count). The third kappa shape index (κ3) is 7.77. The molecule has 0 aliphatic rings. The molecule has 0 spiro atoms. The monoisotopic (exact) mass is 200 g/mol. The summed E-state index contributed by atoms with van der Waals surface area (Å²) in [6.07, 6.45) is 4.97. The SMILES string of the molecule is CC(=O)C(C)CCCCCCC(=O)O. The highest BCUT2D eigenvalue weighted by atomic mass is 16.4. The smallest absolute Gasteiger partial charge is 0.303 e. The first-order chi connectivity index (χ1) is 6.54. The molecule has 82 valence electrons. The molecule has 14 heavy (non-hydrogen) atoms. The molecule has 3 nitrogen and oxygen atoms in total. The standard InChI is InChI=1S/C11H20O3/c1-9(10(2)12)7-5-3-4-6-8-11(13)14/h9H,3-8H2,1-2H3,(H,13,14). The minimum atomic E-state index is -0.720. The Morgan fingerprint density at radius 3 is 2.21 bits per heavy atom. The summed E-state index contributed by atoms with van der Waals surface area (Å²) in [6, 6.07) is 0. The molecular formula is C11H20O3. The van der Waals surface area contributed by atoms with Crippen molar-refractivity contribution in [3.8, 4) is 0 Å². The Morgan fingerprint density at radius 1 is 1.14 bits per heavy atom. The van der Waals surface area contributed by atoms with Gasteiger partial charge in [-0.05, 0) is 19.8 Å². The van der Waals surface area contributed by atoms with E-state index in [4.69, 9.17) is 5.11 Å². The van der Waals surface area contributed by atoms with Gasteiger partial charge >= 0.3 is 5.97 Å². The lowest BCUT2D eigenvalue weighted by Crippen LogP contribution is -2.05. The van der Waals surface area contributed by atoms with Crippen molar-refractivity contribution in [1.82, 2.24) is 0 Å². The first kappa shape index (κ1) is 13.1. The van der Waals surface area contributed by atoms with E-state index in [2.05, 4.69) is 0 Å². The summed E-state index contributed by atoms with van der Waals surface area (Å²) < 4.78 is 0. The molecule has 0 radical (unpaired) electrons. The molecule has 0 saturated carbocycles. The van der Waals surface area contributed by atoms with E-state index in [9.17, 15) is 9.59 Å². The van der Waals surface area contributed by atoms with Crippen molar-refractivity contribution in [3.63, 3.8) is 0 Å². The molecule has 0 fully saturated rings. The second kappa shape index (κ2) is 7.54. The molecule has 0 bridgehead atoms. The van der Waals surface area contributed by atoms with E-state index in [0.29, 0.717) is 0 Å². The fourth-order valence-corrected chi connectivity index (χ4v) is 1.28. The molecule has 1 N–H and O–H groups in total. The van der Waals surface area contributed by atoms with Crippen LogP contribution < -0.4 is 0 Å². The minimum Gasteiger partial charge on any atom is -0.481 e. The molecular weight excluding hydrogens is 180 g/mol. The number of hydrogen-bond acceptors (Lipinski definition) is 2. The van der Waals surface area contributed by atoms with Crippen LogP contribution >= 0.6 is 0 Å². The van der Waals surface area contributed by atoms with Gasteiger partial charge in [0.05, 0.1) is 0 Å². The zero-order chi connectivity index (χ0) is 11.0. The van der Waals surface area contributed by atoms with Crippen molar-refractivity contribution in [2.45, 2.75) is 52.4 Å². The summed E-state index contributed by atoms with van der Waals surface area (Å²) >= 11 is 0. The molecule has 3 heteroatoms. The van der Waals surface area contributed by atoms with Gasteiger partial charge in [0.2, 0.25) is 0 Å². The predicted molar refractivity (Wildman–Crippen MR) is 55.2 cm³/mol. The van der Waals surface area contributed by atoms with Crippen LogP contribution in [0.4, 0.5) is 0 Å². The van der Waals surface area contributed by atoms with Crippen LogP contribution in [0.15, 0.2) is 0 Å². The summed E-state index contributed by atoms with van der Waals surface area (Å²) in [4.78, 5) is 21.1. The molecule has 1 atom stereocenters. The van der Waals surface area contributed by atoms with Gasteiger partial charge in [-0.3, -0.25) is 9.59 Å². The van der Waals surface area contributed by atoms with E-state index in [1.54, 1.807) is 6.92 Å². The Kier molecular flexibility index (Phi) is 7.07. The Balaban J connectivity index is 3.21. The summed E-state index contributed by atoms with van der Waals surface area (Å²) in [5.74, 6) is -0.313. The highest BCUT2D eigenvalue weighted by molar-refractivity contribution is 5.77. The lowest BCUT2D eigenvalue weighted by Gasteiger charge is -2.06. The van der Waals surface area contributed by atoms with E-state index < -0.39 is 5.97 Å². The van der Waals surface area contributed by atoms with Crippen LogP contribution in [-0.2, 0) is 9.59 Å². The van der Waals surface area contributed by atoms with Crippen molar-refractivity contribution in [3.05, 3.63) is 0 Å². The van der Waals surface area contributed by atoms with Gasteiger partial charge < -0.3 is 5.11 Å². The predicted octanol–water partition coefficient (Wildman–Crippen LogP) is 2.64. The van der Waals surface area contributed by atoms with Crippen molar-refractivity contribution >= 4 is 11.8 Å². The maximum Gasteiger partial charge on any atom is 0.303 e. The van der Waals surface area contributed by atoms with Crippen LogP contribution in [-0.4, -0.2) is 16.9 Å². The highest BCUT2D eigenvalue weighted by Crippen LogP contribution is 2.11. The van der Waals surface area contributed by atoms with Crippen molar-refractivity contribution in [2.24, 2.45) is 5.92 Å². The molecule has 1 unspecified atom stereocenters. The number of ketones is 1. The third-order valence-electron chi connectivity index (χ3n) is 2.47. The third-order valence-corrected chi connectivity index (χ3v) is 2.47. The fraction of sp³-hybridized carbons (Fsp3) is 0.818. The first-order valence-corrected chi connectivity index (χ1v) is 5.26.